The number of rotatable bonds is 9. The Balaban J connectivity index is 0.00000593. The summed E-state index contributed by atoms with van der Waals surface area (Å²) in [6.45, 7) is 14.7. The van der Waals surface area contributed by atoms with Gasteiger partial charge < -0.3 is 5.11 Å². The zero-order chi connectivity index (χ0) is 47.3. The molecule has 68 heavy (non-hydrogen) atoms. The van der Waals surface area contributed by atoms with Crippen LogP contribution in [0.4, 0.5) is 0 Å². The Kier molecular flexibility index (Phi) is 12.4. The maximum atomic E-state index is 12.0. The Labute approximate surface area is 416 Å². The molecule has 2 heterocycles. The number of para-hydroxylation sites is 1. The molecule has 10 rings (SSSR count). The van der Waals surface area contributed by atoms with E-state index in [0.717, 1.165) is 100 Å². The van der Waals surface area contributed by atoms with E-state index >= 15 is 0 Å². The van der Waals surface area contributed by atoms with Gasteiger partial charge in [-0.25, -0.2) is 4.98 Å². The molecule has 0 aliphatic heterocycles. The average molecular weight is 1070 g/mol. The molecule has 0 aliphatic rings. The van der Waals surface area contributed by atoms with Crippen LogP contribution in [-0.2, 0) is 26.5 Å². The Morgan fingerprint density at radius 2 is 1.19 bits per heavy atom. The number of nitrogens with zero attached hydrogens (tertiary/aromatic N) is 3. The van der Waals surface area contributed by atoms with Crippen LogP contribution in [0.1, 0.15) is 64.1 Å². The standard InChI is InChI=1S/C63H54N3O.Pt/c1-40(2)43-26-28-45(29-27-43)48-30-31-64-57(37-48)51-35-49(44-18-11-8-12-19-44)34-50(36-51)52-24-17-25-58-60(52)65-62(55-33-41(3)32-42(4)61(55)67)66(58)59-39-53(46-20-13-9-14-21-46)56(63(5,6)7)38-54(59)47-22-15-10-16-23-47;/h8-35,37-40,67H,1-7H3;/q-1;/i40D;. The van der Waals surface area contributed by atoms with Gasteiger partial charge in [0, 0.05) is 39.9 Å². The number of phenolic OH excluding ortho intramolecular Hbond substituents is 1. The minimum Gasteiger partial charge on any atom is -0.507 e. The van der Waals surface area contributed by atoms with E-state index in [1.807, 2.05) is 63.4 Å². The van der Waals surface area contributed by atoms with E-state index in [2.05, 4.69) is 184 Å². The number of aryl methyl sites for hydroxylation is 2. The van der Waals surface area contributed by atoms with Crippen molar-refractivity contribution in [2.45, 2.75) is 59.8 Å². The third-order valence-electron chi connectivity index (χ3n) is 12.8. The molecule has 5 heteroatoms. The van der Waals surface area contributed by atoms with Crippen LogP contribution in [0, 0.1) is 19.9 Å². The van der Waals surface area contributed by atoms with Crippen LogP contribution in [0.5, 0.6) is 5.75 Å². The second-order valence-electron chi connectivity index (χ2n) is 18.9. The van der Waals surface area contributed by atoms with Crippen molar-refractivity contribution >= 4 is 11.0 Å². The molecule has 8 aromatic carbocycles. The Bertz CT molecular complexity index is 3480. The Morgan fingerprint density at radius 1 is 0.574 bits per heavy atom. The van der Waals surface area contributed by atoms with Crippen LogP contribution < -0.4 is 0 Å². The quantitative estimate of drug-likeness (QED) is 0.147. The van der Waals surface area contributed by atoms with Crippen molar-refractivity contribution in [2.24, 2.45) is 0 Å². The number of aromatic hydroxyl groups is 1. The number of fused-ring (bicyclic) bond motifs is 1. The fraction of sp³-hybridized carbons (Fsp3) is 0.143. The van der Waals surface area contributed by atoms with Crippen LogP contribution in [0.15, 0.2) is 188 Å². The predicted molar refractivity (Wildman–Crippen MR) is 280 cm³/mol. The predicted octanol–water partition coefficient (Wildman–Crippen LogP) is 16.6. The molecule has 0 bridgehead atoms. The summed E-state index contributed by atoms with van der Waals surface area (Å²) < 4.78 is 10.8. The van der Waals surface area contributed by atoms with Gasteiger partial charge in [0.15, 0.2) is 0 Å². The molecule has 1 N–H and O–H groups in total. The number of hydrogen-bond acceptors (Lipinski definition) is 3. The largest absolute Gasteiger partial charge is 0.507 e. The smallest absolute Gasteiger partial charge is 0.148 e. The molecule has 2 aromatic heterocycles. The molecule has 0 spiro atoms. The monoisotopic (exact) mass is 1060 g/mol. The second kappa shape index (κ2) is 18.9. The Morgan fingerprint density at radius 3 is 1.84 bits per heavy atom. The molecule has 0 unspecified atom stereocenters. The van der Waals surface area contributed by atoms with Gasteiger partial charge in [0.1, 0.15) is 11.6 Å². The molecular weight excluding hydrogens is 1010 g/mol. The first-order valence-corrected chi connectivity index (χ1v) is 23.0. The van der Waals surface area contributed by atoms with Gasteiger partial charge in [-0.1, -0.05) is 191 Å². The zero-order valence-electron chi connectivity index (χ0n) is 40.5. The number of imidazole rings is 1. The minimum absolute atomic E-state index is 0. The molecule has 0 saturated heterocycles. The summed E-state index contributed by atoms with van der Waals surface area (Å²) >= 11 is 0. The molecule has 0 aliphatic carbocycles. The third kappa shape index (κ3) is 8.90. The molecule has 0 fully saturated rings. The van der Waals surface area contributed by atoms with Crippen molar-refractivity contribution in [2.75, 3.05) is 0 Å². The van der Waals surface area contributed by atoms with E-state index in [1.54, 1.807) is 0 Å². The summed E-state index contributed by atoms with van der Waals surface area (Å²) in [5.41, 5.74) is 19.2. The molecule has 10 aromatic rings. The van der Waals surface area contributed by atoms with E-state index in [-0.39, 0.29) is 32.2 Å². The third-order valence-corrected chi connectivity index (χ3v) is 12.8. The first-order chi connectivity index (χ1) is 32.7. The van der Waals surface area contributed by atoms with Gasteiger partial charge in [0.25, 0.3) is 0 Å². The normalized spacial score (nSPS) is 11.9. The van der Waals surface area contributed by atoms with Crippen LogP contribution >= 0.6 is 0 Å². The van der Waals surface area contributed by atoms with Gasteiger partial charge in [-0.2, -0.15) is 0 Å². The SMILES string of the molecule is [2H]C(C)(C)c1ccc(-c2ccnc(-c3[c-]c(-c4cccc5c4nc(-c4cc(C)cc(C)c4O)n5-c4cc(-c5ccccc5)c(C(C)(C)C)cc4-c4ccccc4)cc(-c4ccccc4)c3)c2)cc1.[Pt]. The van der Waals surface area contributed by atoms with Crippen molar-refractivity contribution in [3.8, 4) is 89.7 Å². The maximum Gasteiger partial charge on any atom is 0.148 e. The molecule has 338 valence electrons. The first-order valence-electron chi connectivity index (χ1n) is 23.5. The van der Waals surface area contributed by atoms with Crippen LogP contribution in [0.25, 0.3) is 95.0 Å². The van der Waals surface area contributed by atoms with E-state index in [1.165, 1.54) is 5.56 Å². The number of hydrogen-bond donors (Lipinski definition) is 1. The fourth-order valence-electron chi connectivity index (χ4n) is 9.37. The van der Waals surface area contributed by atoms with Gasteiger partial charge in [-0.15, -0.1) is 23.8 Å². The van der Waals surface area contributed by atoms with Gasteiger partial charge in [-0.3, -0.25) is 9.55 Å². The molecule has 0 saturated carbocycles. The Hall–Kier alpha value is -7.13. The zero-order valence-corrected chi connectivity index (χ0v) is 41.8. The molecule has 0 amide bonds. The molecular formula is C63H54N3OPt-. The van der Waals surface area contributed by atoms with Crippen molar-refractivity contribution in [3.63, 3.8) is 0 Å². The number of pyridine rings is 1. The van der Waals surface area contributed by atoms with Crippen molar-refractivity contribution in [1.82, 2.24) is 14.5 Å². The minimum atomic E-state index is -0.684. The number of phenols is 1. The summed E-state index contributed by atoms with van der Waals surface area (Å²) in [4.78, 5) is 10.6. The van der Waals surface area contributed by atoms with Crippen LogP contribution in [0.2, 0.25) is 0 Å². The first kappa shape index (κ1) is 44.7. The van der Waals surface area contributed by atoms with Gasteiger partial charge >= 0.3 is 0 Å². The van der Waals surface area contributed by atoms with E-state index in [4.69, 9.17) is 11.3 Å². The summed E-state index contributed by atoms with van der Waals surface area (Å²) in [5.74, 6) is 0.162. The fourth-order valence-corrected chi connectivity index (χ4v) is 9.37. The maximum absolute atomic E-state index is 12.0. The van der Waals surface area contributed by atoms with Crippen molar-refractivity contribution < 1.29 is 27.5 Å². The summed E-state index contributed by atoms with van der Waals surface area (Å²) in [6.07, 6.45) is 1.86. The topological polar surface area (TPSA) is 50.9 Å². The molecule has 0 radical (unpaired) electrons. The molecule has 0 atom stereocenters. The average Bonchev–Trinajstić information content (AvgIpc) is 3.74. The van der Waals surface area contributed by atoms with E-state index < -0.39 is 5.89 Å². The van der Waals surface area contributed by atoms with Gasteiger partial charge in [0.05, 0.1) is 22.3 Å². The summed E-state index contributed by atoms with van der Waals surface area (Å²) in [6, 6.07) is 67.4. The van der Waals surface area contributed by atoms with Gasteiger partial charge in [-0.05, 0) is 111 Å². The van der Waals surface area contributed by atoms with Crippen LogP contribution in [-0.4, -0.2) is 19.6 Å². The van der Waals surface area contributed by atoms with E-state index in [9.17, 15) is 5.11 Å². The van der Waals surface area contributed by atoms with Crippen molar-refractivity contribution in [1.29, 1.82) is 0 Å². The van der Waals surface area contributed by atoms with E-state index in [0.29, 0.717) is 11.4 Å². The summed E-state index contributed by atoms with van der Waals surface area (Å²) in [7, 11) is 0. The second-order valence-corrected chi connectivity index (χ2v) is 18.9. The van der Waals surface area contributed by atoms with Gasteiger partial charge in [0.2, 0.25) is 0 Å². The number of aromatic nitrogens is 3. The number of benzene rings is 8. The molecule has 4 nitrogen and oxygen atoms in total. The summed E-state index contributed by atoms with van der Waals surface area (Å²) in [5, 5.41) is 12.0. The van der Waals surface area contributed by atoms with Crippen molar-refractivity contribution in [3.05, 3.63) is 217 Å². The van der Waals surface area contributed by atoms with Crippen LogP contribution in [0.3, 0.4) is 0 Å².